The monoisotopic (exact) mass is 476 g/mol. The maximum Gasteiger partial charge on any atom is 0.264 e. The van der Waals surface area contributed by atoms with E-state index < -0.39 is 15.9 Å². The molecule has 0 aromatic heterocycles. The van der Waals surface area contributed by atoms with Gasteiger partial charge in [-0.3, -0.25) is 9.10 Å². The Morgan fingerprint density at radius 1 is 0.758 bits per heavy atom. The third-order valence-electron chi connectivity index (χ3n) is 5.04. The molecular weight excluding hydrogens is 456 g/mol. The Kier molecular flexibility index (Phi) is 6.77. The van der Waals surface area contributed by atoms with E-state index in [2.05, 4.69) is 5.32 Å². The maximum atomic E-state index is 13.7. The quantitative estimate of drug-likeness (QED) is 0.356. The summed E-state index contributed by atoms with van der Waals surface area (Å²) in [5, 5.41) is 3.17. The van der Waals surface area contributed by atoms with Gasteiger partial charge in [-0.15, -0.1) is 0 Å². The predicted molar refractivity (Wildman–Crippen MR) is 132 cm³/mol. The topological polar surface area (TPSA) is 66.5 Å². The van der Waals surface area contributed by atoms with Gasteiger partial charge in [0.05, 0.1) is 33.4 Å². The first-order chi connectivity index (χ1) is 16.0. The second kappa shape index (κ2) is 9.90. The van der Waals surface area contributed by atoms with Crippen molar-refractivity contribution in [1.29, 1.82) is 0 Å². The Morgan fingerprint density at radius 2 is 1.33 bits per heavy atom. The lowest BCUT2D eigenvalue weighted by Gasteiger charge is -2.26. The molecular formula is C26H21ClN2O3S. The Morgan fingerprint density at radius 3 is 2.03 bits per heavy atom. The molecule has 166 valence electrons. The maximum absolute atomic E-state index is 13.7. The van der Waals surface area contributed by atoms with E-state index in [1.165, 1.54) is 4.31 Å². The normalized spacial score (nSPS) is 11.1. The second-order valence-corrected chi connectivity index (χ2v) is 9.53. The van der Waals surface area contributed by atoms with E-state index in [1.807, 2.05) is 30.3 Å². The number of para-hydroxylation sites is 2. The van der Waals surface area contributed by atoms with Crippen LogP contribution in [-0.2, 0) is 16.6 Å². The standard InChI is InChI=1S/C26H21ClN2O3S/c27-23-16-8-9-17-24(23)28-26(30)22-15-7-10-18-25(22)29(19-20-11-3-1-4-12-20)33(31,32)21-13-5-2-6-14-21/h1-18H,19H2,(H,28,30). The molecule has 4 rings (SSSR count). The Balaban J connectivity index is 1.79. The molecule has 0 radical (unpaired) electrons. The van der Waals surface area contributed by atoms with E-state index in [0.29, 0.717) is 10.7 Å². The number of anilines is 2. The van der Waals surface area contributed by atoms with Gasteiger partial charge < -0.3 is 5.32 Å². The smallest absolute Gasteiger partial charge is 0.264 e. The summed E-state index contributed by atoms with van der Waals surface area (Å²) in [5.74, 6) is -0.458. The van der Waals surface area contributed by atoms with Crippen molar-refractivity contribution < 1.29 is 13.2 Å². The first-order valence-corrected chi connectivity index (χ1v) is 12.1. The molecule has 0 aliphatic carbocycles. The van der Waals surface area contributed by atoms with Gasteiger partial charge in [0.15, 0.2) is 0 Å². The van der Waals surface area contributed by atoms with Gasteiger partial charge in [-0.05, 0) is 42.0 Å². The third-order valence-corrected chi connectivity index (χ3v) is 7.14. The van der Waals surface area contributed by atoms with Gasteiger partial charge in [-0.2, -0.15) is 0 Å². The zero-order valence-corrected chi connectivity index (χ0v) is 19.1. The van der Waals surface area contributed by atoms with Gasteiger partial charge in [0, 0.05) is 0 Å². The summed E-state index contributed by atoms with van der Waals surface area (Å²) < 4.78 is 28.7. The summed E-state index contributed by atoms with van der Waals surface area (Å²) in [7, 11) is -3.96. The number of nitrogens with zero attached hydrogens (tertiary/aromatic N) is 1. The Labute approximate surface area is 198 Å². The fourth-order valence-electron chi connectivity index (χ4n) is 3.40. The Hall–Kier alpha value is -3.61. The van der Waals surface area contributed by atoms with Gasteiger partial charge in [0.25, 0.3) is 15.9 Å². The van der Waals surface area contributed by atoms with Gasteiger partial charge in [0.1, 0.15) is 0 Å². The van der Waals surface area contributed by atoms with Crippen molar-refractivity contribution in [2.75, 3.05) is 9.62 Å². The fraction of sp³-hybridized carbons (Fsp3) is 0.0385. The van der Waals surface area contributed by atoms with Gasteiger partial charge in [0.2, 0.25) is 0 Å². The number of sulfonamides is 1. The minimum Gasteiger partial charge on any atom is -0.321 e. The number of carbonyl (C=O) groups is 1. The van der Waals surface area contributed by atoms with E-state index in [9.17, 15) is 13.2 Å². The SMILES string of the molecule is O=C(Nc1ccccc1Cl)c1ccccc1N(Cc1ccccc1)S(=O)(=O)c1ccccc1. The van der Waals surface area contributed by atoms with Crippen molar-refractivity contribution in [3.8, 4) is 0 Å². The van der Waals surface area contributed by atoms with E-state index in [1.54, 1.807) is 78.9 Å². The molecule has 4 aromatic rings. The highest BCUT2D eigenvalue weighted by Crippen LogP contribution is 2.30. The molecule has 33 heavy (non-hydrogen) atoms. The largest absolute Gasteiger partial charge is 0.321 e. The Bertz CT molecular complexity index is 1360. The molecule has 0 saturated carbocycles. The van der Waals surface area contributed by atoms with Crippen LogP contribution in [0.25, 0.3) is 0 Å². The summed E-state index contributed by atoms with van der Waals surface area (Å²) in [4.78, 5) is 13.4. The number of hydrogen-bond donors (Lipinski definition) is 1. The minimum absolute atomic E-state index is 0.0639. The van der Waals surface area contributed by atoms with Crippen molar-refractivity contribution in [3.63, 3.8) is 0 Å². The zero-order chi connectivity index (χ0) is 23.3. The van der Waals surface area contributed by atoms with E-state index in [-0.39, 0.29) is 22.7 Å². The molecule has 4 aromatic carbocycles. The summed E-state index contributed by atoms with van der Waals surface area (Å²) in [6, 6.07) is 30.9. The van der Waals surface area contributed by atoms with Crippen molar-refractivity contribution in [1.82, 2.24) is 0 Å². The van der Waals surface area contributed by atoms with E-state index >= 15 is 0 Å². The summed E-state index contributed by atoms with van der Waals surface area (Å²) >= 11 is 6.20. The fourth-order valence-corrected chi connectivity index (χ4v) is 5.08. The van der Waals surface area contributed by atoms with Crippen LogP contribution in [0.2, 0.25) is 5.02 Å². The number of benzene rings is 4. The van der Waals surface area contributed by atoms with Crippen molar-refractivity contribution >= 4 is 38.9 Å². The lowest BCUT2D eigenvalue weighted by molar-refractivity contribution is 0.102. The molecule has 0 saturated heterocycles. The molecule has 1 amide bonds. The van der Waals surface area contributed by atoms with Gasteiger partial charge >= 0.3 is 0 Å². The van der Waals surface area contributed by atoms with Crippen LogP contribution in [0.1, 0.15) is 15.9 Å². The number of amides is 1. The zero-order valence-electron chi connectivity index (χ0n) is 17.6. The number of nitrogens with one attached hydrogen (secondary N) is 1. The highest BCUT2D eigenvalue weighted by Gasteiger charge is 2.28. The number of hydrogen-bond acceptors (Lipinski definition) is 3. The minimum atomic E-state index is -3.96. The average molecular weight is 477 g/mol. The summed E-state index contributed by atoms with van der Waals surface area (Å²) in [6.07, 6.45) is 0. The molecule has 0 spiro atoms. The van der Waals surface area contributed by atoms with Crippen LogP contribution in [0.5, 0.6) is 0 Å². The van der Waals surface area contributed by atoms with Crippen molar-refractivity contribution in [2.45, 2.75) is 11.4 Å². The summed E-state index contributed by atoms with van der Waals surface area (Å²) in [6.45, 7) is 0.0639. The molecule has 0 unspecified atom stereocenters. The average Bonchev–Trinajstić information content (AvgIpc) is 2.85. The predicted octanol–water partition coefficient (Wildman–Crippen LogP) is 5.99. The summed E-state index contributed by atoms with van der Waals surface area (Å²) in [5.41, 5.74) is 1.72. The molecule has 7 heteroatoms. The molecule has 0 heterocycles. The molecule has 0 aliphatic heterocycles. The lowest BCUT2D eigenvalue weighted by atomic mass is 10.1. The molecule has 0 bridgehead atoms. The molecule has 1 N–H and O–H groups in total. The second-order valence-electron chi connectivity index (χ2n) is 7.26. The molecule has 0 atom stereocenters. The highest BCUT2D eigenvalue weighted by molar-refractivity contribution is 7.92. The lowest BCUT2D eigenvalue weighted by Crippen LogP contribution is -2.32. The van der Waals surface area contributed by atoms with Crippen LogP contribution < -0.4 is 9.62 Å². The van der Waals surface area contributed by atoms with Crippen LogP contribution in [-0.4, -0.2) is 14.3 Å². The van der Waals surface area contributed by atoms with Crippen LogP contribution >= 0.6 is 11.6 Å². The first kappa shape index (κ1) is 22.6. The number of rotatable bonds is 7. The third kappa shape index (κ3) is 5.08. The van der Waals surface area contributed by atoms with Gasteiger partial charge in [-0.25, -0.2) is 8.42 Å². The van der Waals surface area contributed by atoms with E-state index in [4.69, 9.17) is 11.6 Å². The van der Waals surface area contributed by atoms with E-state index in [0.717, 1.165) is 5.56 Å². The molecule has 5 nitrogen and oxygen atoms in total. The van der Waals surface area contributed by atoms with Crippen LogP contribution in [0.15, 0.2) is 114 Å². The molecule has 0 aliphatic rings. The van der Waals surface area contributed by atoms with Crippen LogP contribution in [0.3, 0.4) is 0 Å². The number of halogens is 1. The van der Waals surface area contributed by atoms with Crippen molar-refractivity contribution in [2.24, 2.45) is 0 Å². The van der Waals surface area contributed by atoms with Gasteiger partial charge in [-0.1, -0.05) is 84.4 Å². The first-order valence-electron chi connectivity index (χ1n) is 10.2. The van der Waals surface area contributed by atoms with Crippen LogP contribution in [0, 0.1) is 0 Å². The number of carbonyl (C=O) groups excluding carboxylic acids is 1. The highest BCUT2D eigenvalue weighted by atomic mass is 35.5. The molecule has 0 fully saturated rings. The van der Waals surface area contributed by atoms with Crippen LogP contribution in [0.4, 0.5) is 11.4 Å². The van der Waals surface area contributed by atoms with Crippen molar-refractivity contribution in [3.05, 3.63) is 125 Å².